The molecule has 0 aliphatic carbocycles. The Morgan fingerprint density at radius 1 is 1.11 bits per heavy atom. The van der Waals surface area contributed by atoms with E-state index in [-0.39, 0.29) is 44.2 Å². The summed E-state index contributed by atoms with van der Waals surface area (Å²) >= 11 is 11.7. The van der Waals surface area contributed by atoms with Crippen molar-refractivity contribution in [2.24, 2.45) is 0 Å². The molecule has 3 rings (SSSR count). The van der Waals surface area contributed by atoms with Crippen molar-refractivity contribution in [2.45, 2.75) is 11.3 Å². The summed E-state index contributed by atoms with van der Waals surface area (Å²) in [6, 6.07) is 7.81. The lowest BCUT2D eigenvalue weighted by Crippen LogP contribution is -2.29. The molecule has 0 aromatic heterocycles. The predicted octanol–water partition coefficient (Wildman–Crippen LogP) is 2.87. The summed E-state index contributed by atoms with van der Waals surface area (Å²) in [7, 11) is -6.78. The zero-order chi connectivity index (χ0) is 20.7. The molecular formula is C16H14Cl2N2O6S2. The molecular weight excluding hydrogens is 451 g/mol. The molecule has 1 aliphatic heterocycles. The molecule has 150 valence electrons. The van der Waals surface area contributed by atoms with Gasteiger partial charge in [0.25, 0.3) is 10.0 Å². The third kappa shape index (κ3) is 3.90. The molecule has 1 N–H and O–H groups in total. The summed E-state index contributed by atoms with van der Waals surface area (Å²) < 4.78 is 58.0. The Bertz CT molecular complexity index is 1170. The Kier molecular flexibility index (Phi) is 5.50. The van der Waals surface area contributed by atoms with Crippen LogP contribution in [0.25, 0.3) is 0 Å². The van der Waals surface area contributed by atoms with Gasteiger partial charge in [-0.25, -0.2) is 21.1 Å². The van der Waals surface area contributed by atoms with Gasteiger partial charge < -0.3 is 4.74 Å². The maximum absolute atomic E-state index is 12.9. The zero-order valence-electron chi connectivity index (χ0n) is 14.3. The van der Waals surface area contributed by atoms with Gasteiger partial charge in [0.05, 0.1) is 34.3 Å². The summed E-state index contributed by atoms with van der Waals surface area (Å²) in [5.41, 5.74) is 0.0598. The van der Waals surface area contributed by atoms with Crippen LogP contribution in [0.3, 0.4) is 0 Å². The molecule has 0 spiro atoms. The van der Waals surface area contributed by atoms with Crippen LogP contribution >= 0.6 is 23.2 Å². The number of methoxy groups -OCH3 is 1. The number of benzene rings is 2. The zero-order valence-corrected chi connectivity index (χ0v) is 17.5. The highest BCUT2D eigenvalue weighted by atomic mass is 35.5. The quantitative estimate of drug-likeness (QED) is 0.727. The van der Waals surface area contributed by atoms with Gasteiger partial charge in [-0.15, -0.1) is 0 Å². The van der Waals surface area contributed by atoms with Gasteiger partial charge >= 0.3 is 0 Å². The van der Waals surface area contributed by atoms with E-state index in [2.05, 4.69) is 4.72 Å². The molecule has 0 unspecified atom stereocenters. The molecule has 0 radical (unpaired) electrons. The van der Waals surface area contributed by atoms with Crippen molar-refractivity contribution in [3.63, 3.8) is 0 Å². The average molecular weight is 465 g/mol. The van der Waals surface area contributed by atoms with E-state index in [4.69, 9.17) is 27.9 Å². The van der Waals surface area contributed by atoms with Crippen LogP contribution in [0, 0.1) is 0 Å². The van der Waals surface area contributed by atoms with Gasteiger partial charge in [-0.1, -0.05) is 23.2 Å². The van der Waals surface area contributed by atoms with E-state index < -0.39 is 26.0 Å². The van der Waals surface area contributed by atoms with Crippen LogP contribution in [-0.4, -0.2) is 35.6 Å². The van der Waals surface area contributed by atoms with Crippen molar-refractivity contribution >= 4 is 60.5 Å². The van der Waals surface area contributed by atoms with Crippen molar-refractivity contribution in [3.05, 3.63) is 46.4 Å². The Labute approximate surface area is 172 Å². The third-order valence-corrected chi connectivity index (χ3v) is 7.75. The minimum atomic E-state index is -4.20. The van der Waals surface area contributed by atoms with Crippen molar-refractivity contribution in [3.8, 4) is 5.75 Å². The Morgan fingerprint density at radius 3 is 2.39 bits per heavy atom. The number of carbonyl (C=O) groups is 1. The normalized spacial score (nSPS) is 16.2. The Balaban J connectivity index is 2.06. The summed E-state index contributed by atoms with van der Waals surface area (Å²) in [4.78, 5) is 11.7. The van der Waals surface area contributed by atoms with Crippen molar-refractivity contribution < 1.29 is 26.4 Å². The van der Waals surface area contributed by atoms with Crippen LogP contribution in [-0.2, 0) is 24.8 Å². The number of rotatable bonds is 5. The molecule has 1 heterocycles. The molecule has 1 amide bonds. The number of anilines is 2. The fraction of sp³-hybridized carbons (Fsp3) is 0.188. The van der Waals surface area contributed by atoms with E-state index >= 15 is 0 Å². The van der Waals surface area contributed by atoms with Crippen molar-refractivity contribution in [1.82, 2.24) is 0 Å². The van der Waals surface area contributed by atoms with Gasteiger partial charge in [-0.3, -0.25) is 9.52 Å². The number of ether oxygens (including phenoxy) is 1. The van der Waals surface area contributed by atoms with Gasteiger partial charge in [0.2, 0.25) is 15.9 Å². The molecule has 2 aromatic carbocycles. The second-order valence-corrected chi connectivity index (χ2v) is 10.2. The lowest BCUT2D eigenvalue weighted by atomic mass is 10.3. The van der Waals surface area contributed by atoms with Gasteiger partial charge in [0, 0.05) is 6.42 Å². The largest absolute Gasteiger partial charge is 0.495 e. The predicted molar refractivity (Wildman–Crippen MR) is 106 cm³/mol. The van der Waals surface area contributed by atoms with Gasteiger partial charge in [-0.05, 0) is 36.4 Å². The Hall–Kier alpha value is -2.01. The van der Waals surface area contributed by atoms with E-state index in [9.17, 15) is 21.6 Å². The minimum Gasteiger partial charge on any atom is -0.495 e. The number of carbonyl (C=O) groups excluding carboxylic acids is 1. The first-order valence-electron chi connectivity index (χ1n) is 7.77. The lowest BCUT2D eigenvalue weighted by molar-refractivity contribution is -0.116. The maximum Gasteiger partial charge on any atom is 0.265 e. The summed E-state index contributed by atoms with van der Waals surface area (Å²) in [5, 5.41) is 0.401. The van der Waals surface area contributed by atoms with Crippen LogP contribution in [0.1, 0.15) is 6.42 Å². The van der Waals surface area contributed by atoms with Gasteiger partial charge in [0.15, 0.2) is 0 Å². The molecule has 1 aliphatic rings. The van der Waals surface area contributed by atoms with E-state index in [1.54, 1.807) is 0 Å². The molecule has 12 heteroatoms. The smallest absolute Gasteiger partial charge is 0.265 e. The maximum atomic E-state index is 12.9. The van der Waals surface area contributed by atoms with E-state index in [0.717, 1.165) is 6.07 Å². The van der Waals surface area contributed by atoms with Crippen molar-refractivity contribution in [1.29, 1.82) is 0 Å². The summed E-state index contributed by atoms with van der Waals surface area (Å²) in [6.45, 7) is 0. The van der Waals surface area contributed by atoms with Crippen LogP contribution in [0.5, 0.6) is 5.75 Å². The SMILES string of the molecule is COc1ccc(N2C(=O)CCS2(=O)=O)cc1S(=O)(=O)Nc1ccc(Cl)c(Cl)c1. The molecule has 0 atom stereocenters. The van der Waals surface area contributed by atoms with E-state index in [1.807, 2.05) is 0 Å². The van der Waals surface area contributed by atoms with E-state index in [0.29, 0.717) is 4.31 Å². The van der Waals surface area contributed by atoms with Crippen LogP contribution < -0.4 is 13.8 Å². The molecule has 1 saturated heterocycles. The number of sulfonamides is 2. The molecule has 0 saturated carbocycles. The standard InChI is InChI=1S/C16H14Cl2N2O6S2/c1-26-14-5-3-11(20-16(21)6-7-27(20,22)23)9-15(14)28(24,25)19-10-2-4-12(17)13(18)8-10/h2-5,8-9,19H,6-7H2,1H3. The highest BCUT2D eigenvalue weighted by molar-refractivity contribution is 7.94. The summed E-state index contributed by atoms with van der Waals surface area (Å²) in [5.74, 6) is -0.993. The minimum absolute atomic E-state index is 0.0274. The monoisotopic (exact) mass is 464 g/mol. The van der Waals surface area contributed by atoms with Gasteiger partial charge in [-0.2, -0.15) is 0 Å². The second-order valence-electron chi connectivity index (χ2n) is 5.79. The topological polar surface area (TPSA) is 110 Å². The van der Waals surface area contributed by atoms with Crippen LogP contribution in [0.2, 0.25) is 10.0 Å². The van der Waals surface area contributed by atoms with Crippen LogP contribution in [0.4, 0.5) is 11.4 Å². The number of hydrogen-bond donors (Lipinski definition) is 1. The number of amides is 1. The van der Waals surface area contributed by atoms with Gasteiger partial charge in [0.1, 0.15) is 10.6 Å². The van der Waals surface area contributed by atoms with E-state index in [1.165, 1.54) is 37.4 Å². The molecule has 2 aromatic rings. The molecule has 1 fully saturated rings. The second kappa shape index (κ2) is 7.43. The first kappa shape index (κ1) is 20.7. The first-order chi connectivity index (χ1) is 13.0. The van der Waals surface area contributed by atoms with Crippen LogP contribution in [0.15, 0.2) is 41.3 Å². The highest BCUT2D eigenvalue weighted by Crippen LogP contribution is 2.34. The highest BCUT2D eigenvalue weighted by Gasteiger charge is 2.37. The fourth-order valence-electron chi connectivity index (χ4n) is 2.64. The number of nitrogens with one attached hydrogen (secondary N) is 1. The molecule has 8 nitrogen and oxygen atoms in total. The third-order valence-electron chi connectivity index (χ3n) is 3.92. The number of hydrogen-bond acceptors (Lipinski definition) is 6. The number of halogens is 2. The van der Waals surface area contributed by atoms with Crippen molar-refractivity contribution in [2.75, 3.05) is 21.9 Å². The summed E-state index contributed by atoms with van der Waals surface area (Å²) in [6.07, 6.45) is -0.169. The average Bonchev–Trinajstić information content (AvgIpc) is 2.90. The number of nitrogens with zero attached hydrogens (tertiary/aromatic N) is 1. The first-order valence-corrected chi connectivity index (χ1v) is 11.6. The molecule has 0 bridgehead atoms. The Morgan fingerprint density at radius 2 is 1.82 bits per heavy atom. The fourth-order valence-corrected chi connectivity index (χ4v) is 5.63. The lowest BCUT2D eigenvalue weighted by Gasteiger charge is -2.18. The molecule has 28 heavy (non-hydrogen) atoms.